The molecule has 0 spiro atoms. The minimum absolute atomic E-state index is 0.157. The van der Waals surface area contributed by atoms with Gasteiger partial charge in [0.1, 0.15) is 24.0 Å². The molecule has 0 bridgehead atoms. The van der Waals surface area contributed by atoms with Crippen LogP contribution in [0.1, 0.15) is 24.1 Å². The lowest BCUT2D eigenvalue weighted by Crippen LogP contribution is -2.43. The number of hydrogen-bond acceptors (Lipinski definition) is 5. The number of anilines is 2. The van der Waals surface area contributed by atoms with Gasteiger partial charge in [0, 0.05) is 30.9 Å². The van der Waals surface area contributed by atoms with E-state index in [1.54, 1.807) is 12.1 Å². The molecule has 1 aromatic carbocycles. The van der Waals surface area contributed by atoms with Gasteiger partial charge in [-0.2, -0.15) is 5.26 Å². The number of nitrogens with one attached hydrogen (secondary N) is 1. The van der Waals surface area contributed by atoms with Crippen LogP contribution in [0.25, 0.3) is 0 Å². The van der Waals surface area contributed by atoms with E-state index >= 15 is 0 Å². The fraction of sp³-hybridized carbons (Fsp3) is 0.353. The van der Waals surface area contributed by atoms with Crippen molar-refractivity contribution in [1.29, 1.82) is 5.26 Å². The Kier molecular flexibility index (Phi) is 4.38. The molecule has 6 heteroatoms. The van der Waals surface area contributed by atoms with Crippen LogP contribution in [-0.2, 0) is 0 Å². The van der Waals surface area contributed by atoms with E-state index in [4.69, 9.17) is 0 Å². The minimum Gasteiger partial charge on any atom is -0.366 e. The first-order valence-electron chi connectivity index (χ1n) is 7.66. The molecule has 1 atom stereocenters. The predicted octanol–water partition coefficient (Wildman–Crippen LogP) is 2.88. The van der Waals surface area contributed by atoms with Crippen molar-refractivity contribution in [3.05, 3.63) is 47.7 Å². The normalized spacial score (nSPS) is 17.6. The lowest BCUT2D eigenvalue weighted by molar-refractivity contribution is 0.517. The van der Waals surface area contributed by atoms with E-state index in [1.807, 2.05) is 17.9 Å². The number of halogens is 1. The van der Waals surface area contributed by atoms with Gasteiger partial charge in [-0.1, -0.05) is 6.07 Å². The highest BCUT2D eigenvalue weighted by Gasteiger charge is 2.24. The maximum atomic E-state index is 14.2. The van der Waals surface area contributed by atoms with Crippen molar-refractivity contribution >= 4 is 11.5 Å². The highest BCUT2D eigenvalue weighted by atomic mass is 19.1. The number of nitriles is 1. The molecule has 2 aromatic rings. The monoisotopic (exact) mass is 311 g/mol. The molecule has 118 valence electrons. The van der Waals surface area contributed by atoms with Crippen molar-refractivity contribution in [3.8, 4) is 6.07 Å². The number of nitrogens with zero attached hydrogens (tertiary/aromatic N) is 4. The summed E-state index contributed by atoms with van der Waals surface area (Å²) in [7, 11) is 0. The molecule has 1 saturated heterocycles. The van der Waals surface area contributed by atoms with E-state index < -0.39 is 0 Å². The van der Waals surface area contributed by atoms with Crippen molar-refractivity contribution in [2.24, 2.45) is 0 Å². The van der Waals surface area contributed by atoms with E-state index in [0.717, 1.165) is 30.9 Å². The molecule has 1 aliphatic heterocycles. The number of aryl methyl sites for hydroxylation is 1. The minimum atomic E-state index is -0.345. The lowest BCUT2D eigenvalue weighted by atomic mass is 10.0. The summed E-state index contributed by atoms with van der Waals surface area (Å²) in [5.74, 6) is 0.431. The molecular formula is C17H18FN5. The summed E-state index contributed by atoms with van der Waals surface area (Å²) >= 11 is 0. The lowest BCUT2D eigenvalue weighted by Gasteiger charge is -2.35. The van der Waals surface area contributed by atoms with Gasteiger partial charge in [0.25, 0.3) is 0 Å². The fourth-order valence-corrected chi connectivity index (χ4v) is 2.97. The summed E-state index contributed by atoms with van der Waals surface area (Å²) in [5.41, 5.74) is 1.68. The average Bonchev–Trinajstić information content (AvgIpc) is 2.55. The van der Waals surface area contributed by atoms with E-state index in [1.165, 1.54) is 12.4 Å². The van der Waals surface area contributed by atoms with Gasteiger partial charge in [0.05, 0.1) is 11.3 Å². The second-order valence-electron chi connectivity index (χ2n) is 5.72. The Morgan fingerprint density at radius 1 is 1.39 bits per heavy atom. The molecule has 1 unspecified atom stereocenters. The zero-order valence-corrected chi connectivity index (χ0v) is 13.0. The zero-order chi connectivity index (χ0) is 16.2. The molecule has 0 saturated carbocycles. The van der Waals surface area contributed by atoms with Crippen LogP contribution in [0, 0.1) is 24.1 Å². The number of para-hydroxylation sites is 1. The summed E-state index contributed by atoms with van der Waals surface area (Å²) in [5, 5.41) is 12.6. The van der Waals surface area contributed by atoms with Crippen LogP contribution >= 0.6 is 0 Å². The Hall–Kier alpha value is -2.68. The standard InChI is InChI=1S/C17H18FN5/c1-12-8-16(21-11-20-12)22-14-5-3-7-23(10-14)17-13(9-19)4-2-6-15(17)18/h2,4,6,8,11,14H,3,5,7,10H2,1H3,(H,20,21,22). The molecule has 0 radical (unpaired) electrons. The SMILES string of the molecule is Cc1cc(NC2CCCN(c3c(F)cccc3C#N)C2)ncn1. The van der Waals surface area contributed by atoms with Gasteiger partial charge in [-0.3, -0.25) is 0 Å². The second-order valence-corrected chi connectivity index (χ2v) is 5.72. The average molecular weight is 311 g/mol. The van der Waals surface area contributed by atoms with Crippen molar-refractivity contribution in [3.63, 3.8) is 0 Å². The quantitative estimate of drug-likeness (QED) is 0.944. The first-order valence-corrected chi connectivity index (χ1v) is 7.66. The highest BCUT2D eigenvalue weighted by molar-refractivity contribution is 5.60. The third-order valence-corrected chi connectivity index (χ3v) is 4.00. The largest absolute Gasteiger partial charge is 0.366 e. The third-order valence-electron chi connectivity index (χ3n) is 4.00. The van der Waals surface area contributed by atoms with Crippen LogP contribution < -0.4 is 10.2 Å². The molecule has 0 amide bonds. The highest BCUT2D eigenvalue weighted by Crippen LogP contribution is 2.27. The van der Waals surface area contributed by atoms with Gasteiger partial charge in [0.2, 0.25) is 0 Å². The summed E-state index contributed by atoms with van der Waals surface area (Å²) in [6.45, 7) is 3.30. The molecular weight excluding hydrogens is 293 g/mol. The Morgan fingerprint density at radius 2 is 2.26 bits per heavy atom. The van der Waals surface area contributed by atoms with Crippen LogP contribution in [-0.4, -0.2) is 29.1 Å². The van der Waals surface area contributed by atoms with Gasteiger partial charge in [-0.25, -0.2) is 14.4 Å². The number of rotatable bonds is 3. The zero-order valence-electron chi connectivity index (χ0n) is 13.0. The fourth-order valence-electron chi connectivity index (χ4n) is 2.97. The topological polar surface area (TPSA) is 64.8 Å². The van der Waals surface area contributed by atoms with E-state index in [-0.39, 0.29) is 11.9 Å². The number of piperidine rings is 1. The molecule has 1 N–H and O–H groups in total. The predicted molar refractivity (Wildman–Crippen MR) is 86.7 cm³/mol. The van der Waals surface area contributed by atoms with Gasteiger partial charge in [-0.05, 0) is 31.9 Å². The summed E-state index contributed by atoms with van der Waals surface area (Å²) in [6, 6.07) is 8.76. The first-order chi connectivity index (χ1) is 11.2. The summed E-state index contributed by atoms with van der Waals surface area (Å²) in [4.78, 5) is 10.2. The Bertz CT molecular complexity index is 740. The van der Waals surface area contributed by atoms with Gasteiger partial charge < -0.3 is 10.2 Å². The molecule has 0 aliphatic carbocycles. The number of aromatic nitrogens is 2. The molecule has 3 rings (SSSR count). The molecule has 23 heavy (non-hydrogen) atoms. The Labute approximate surface area is 134 Å². The summed E-state index contributed by atoms with van der Waals surface area (Å²) in [6.07, 6.45) is 3.44. The van der Waals surface area contributed by atoms with Crippen molar-refractivity contribution in [2.75, 3.05) is 23.3 Å². The Balaban J connectivity index is 1.78. The van der Waals surface area contributed by atoms with Crippen molar-refractivity contribution < 1.29 is 4.39 Å². The van der Waals surface area contributed by atoms with Gasteiger partial charge in [-0.15, -0.1) is 0 Å². The number of hydrogen-bond donors (Lipinski definition) is 1. The smallest absolute Gasteiger partial charge is 0.147 e. The molecule has 5 nitrogen and oxygen atoms in total. The molecule has 1 aliphatic rings. The van der Waals surface area contributed by atoms with Crippen molar-refractivity contribution in [1.82, 2.24) is 9.97 Å². The maximum absolute atomic E-state index is 14.2. The number of benzene rings is 1. The van der Waals surface area contributed by atoms with Crippen LogP contribution in [0.2, 0.25) is 0 Å². The van der Waals surface area contributed by atoms with Crippen LogP contribution in [0.4, 0.5) is 15.9 Å². The first kappa shape index (κ1) is 15.2. The molecule has 2 heterocycles. The van der Waals surface area contributed by atoms with Crippen molar-refractivity contribution in [2.45, 2.75) is 25.8 Å². The van der Waals surface area contributed by atoms with E-state index in [9.17, 15) is 9.65 Å². The molecule has 1 aromatic heterocycles. The van der Waals surface area contributed by atoms with E-state index in [0.29, 0.717) is 17.8 Å². The maximum Gasteiger partial charge on any atom is 0.147 e. The van der Waals surface area contributed by atoms with Crippen LogP contribution in [0.5, 0.6) is 0 Å². The second kappa shape index (κ2) is 6.61. The summed E-state index contributed by atoms with van der Waals surface area (Å²) < 4.78 is 14.2. The van der Waals surface area contributed by atoms with E-state index in [2.05, 4.69) is 21.4 Å². The molecule has 1 fully saturated rings. The van der Waals surface area contributed by atoms with Crippen LogP contribution in [0.15, 0.2) is 30.6 Å². The third kappa shape index (κ3) is 3.39. The van der Waals surface area contributed by atoms with Gasteiger partial charge in [0.15, 0.2) is 0 Å². The van der Waals surface area contributed by atoms with Crippen LogP contribution in [0.3, 0.4) is 0 Å². The Morgan fingerprint density at radius 3 is 3.04 bits per heavy atom. The van der Waals surface area contributed by atoms with Gasteiger partial charge >= 0.3 is 0 Å².